The Labute approximate surface area is 110 Å². The predicted octanol–water partition coefficient (Wildman–Crippen LogP) is 1.37. The van der Waals surface area contributed by atoms with Gasteiger partial charge in [0.25, 0.3) is 10.0 Å². The Morgan fingerprint density at radius 3 is 2.82 bits per heavy atom. The van der Waals surface area contributed by atoms with Gasteiger partial charge in [0.05, 0.1) is 17.8 Å². The minimum Gasteiger partial charge on any atom is -0.383 e. The number of alkyl halides is 1. The van der Waals surface area contributed by atoms with Crippen molar-refractivity contribution in [3.8, 4) is 0 Å². The van der Waals surface area contributed by atoms with Crippen LogP contribution in [0.2, 0.25) is 0 Å². The zero-order chi connectivity index (χ0) is 12.9. The molecule has 0 aliphatic carbocycles. The summed E-state index contributed by atoms with van der Waals surface area (Å²) in [4.78, 5) is 3.92. The summed E-state index contributed by atoms with van der Waals surface area (Å²) in [6.45, 7) is 2.05. The van der Waals surface area contributed by atoms with Crippen molar-refractivity contribution >= 4 is 33.0 Å². The molecule has 1 N–H and O–H groups in total. The van der Waals surface area contributed by atoms with Gasteiger partial charge >= 0.3 is 0 Å². The van der Waals surface area contributed by atoms with Gasteiger partial charge in [0, 0.05) is 19.0 Å². The minimum atomic E-state index is -3.52. The molecule has 0 radical (unpaired) electrons. The lowest BCUT2D eigenvalue weighted by Crippen LogP contribution is -2.38. The Balaban J connectivity index is 2.77. The number of ether oxygens (including phenoxy) is 1. The lowest BCUT2D eigenvalue weighted by molar-refractivity contribution is 0.173. The highest BCUT2D eigenvalue weighted by Gasteiger charge is 2.21. The predicted molar refractivity (Wildman–Crippen MR) is 68.2 cm³/mol. The summed E-state index contributed by atoms with van der Waals surface area (Å²) in [5.74, 6) is 0.373. The normalized spacial score (nSPS) is 13.8. The van der Waals surface area contributed by atoms with E-state index in [1.807, 2.05) is 0 Å². The van der Waals surface area contributed by atoms with E-state index in [4.69, 9.17) is 16.3 Å². The molecular weight excluding hydrogens is 284 g/mol. The molecule has 0 aliphatic rings. The Kier molecular flexibility index (Phi) is 5.81. The van der Waals surface area contributed by atoms with Gasteiger partial charge in [0.15, 0.2) is 4.21 Å². The molecule has 0 aliphatic heterocycles. The molecule has 0 amide bonds. The maximum Gasteiger partial charge on any atom is 0.252 e. The third-order valence-electron chi connectivity index (χ3n) is 2.01. The quantitative estimate of drug-likeness (QED) is 0.772. The molecular formula is C9H15ClN2O3S2. The smallest absolute Gasteiger partial charge is 0.252 e. The first-order valence-electron chi connectivity index (χ1n) is 4.99. The zero-order valence-electron chi connectivity index (χ0n) is 9.64. The van der Waals surface area contributed by atoms with E-state index in [1.54, 1.807) is 6.92 Å². The number of methoxy groups -OCH3 is 1. The second-order valence-electron chi connectivity index (χ2n) is 3.45. The van der Waals surface area contributed by atoms with Crippen molar-refractivity contribution < 1.29 is 13.2 Å². The highest BCUT2D eigenvalue weighted by molar-refractivity contribution is 7.91. The summed E-state index contributed by atoms with van der Waals surface area (Å²) < 4.78 is 31.6. The van der Waals surface area contributed by atoms with Crippen LogP contribution in [0, 0.1) is 6.92 Å². The first kappa shape index (κ1) is 14.8. The van der Waals surface area contributed by atoms with Gasteiger partial charge in [0.1, 0.15) is 0 Å². The van der Waals surface area contributed by atoms with Gasteiger partial charge in [-0.2, -0.15) is 0 Å². The molecule has 1 rings (SSSR count). The Morgan fingerprint density at radius 1 is 1.65 bits per heavy atom. The van der Waals surface area contributed by atoms with Crippen LogP contribution in [-0.2, 0) is 14.8 Å². The summed E-state index contributed by atoms with van der Waals surface area (Å²) in [6, 6.07) is -0.315. The molecule has 0 saturated heterocycles. The molecule has 0 fully saturated rings. The molecule has 1 unspecified atom stereocenters. The van der Waals surface area contributed by atoms with E-state index in [0.29, 0.717) is 23.9 Å². The molecule has 0 spiro atoms. The molecule has 0 bridgehead atoms. The van der Waals surface area contributed by atoms with Crippen molar-refractivity contribution in [2.24, 2.45) is 0 Å². The lowest BCUT2D eigenvalue weighted by atomic mass is 10.3. The number of aromatic nitrogens is 1. The number of hydrogen-bond acceptors (Lipinski definition) is 5. The van der Waals surface area contributed by atoms with Gasteiger partial charge in [-0.1, -0.05) is 0 Å². The van der Waals surface area contributed by atoms with E-state index < -0.39 is 10.0 Å². The number of nitrogens with zero attached hydrogens (tertiary/aromatic N) is 1. The number of halogens is 1. The lowest BCUT2D eigenvalue weighted by Gasteiger charge is -2.15. The fourth-order valence-electron chi connectivity index (χ4n) is 1.25. The average Bonchev–Trinajstić information content (AvgIpc) is 2.66. The number of rotatable bonds is 7. The van der Waals surface area contributed by atoms with Gasteiger partial charge in [-0.25, -0.2) is 18.1 Å². The molecule has 1 aromatic heterocycles. The van der Waals surface area contributed by atoms with Gasteiger partial charge < -0.3 is 4.74 Å². The maximum absolute atomic E-state index is 12.0. The SMILES string of the molecule is COCC(CCCl)NS(=O)(=O)c1cnc(C)s1. The van der Waals surface area contributed by atoms with Crippen LogP contribution in [0.1, 0.15) is 11.4 Å². The van der Waals surface area contributed by atoms with E-state index >= 15 is 0 Å². The fourth-order valence-corrected chi connectivity index (χ4v) is 3.90. The van der Waals surface area contributed by atoms with Crippen LogP contribution in [0.25, 0.3) is 0 Å². The molecule has 1 atom stereocenters. The summed E-state index contributed by atoms with van der Waals surface area (Å²) in [5, 5.41) is 0.714. The van der Waals surface area contributed by atoms with Gasteiger partial charge in [-0.05, 0) is 13.3 Å². The van der Waals surface area contributed by atoms with Crippen molar-refractivity contribution in [3.05, 3.63) is 11.2 Å². The van der Waals surface area contributed by atoms with Crippen LogP contribution in [0.3, 0.4) is 0 Å². The van der Waals surface area contributed by atoms with E-state index in [-0.39, 0.29) is 10.3 Å². The Hall–Kier alpha value is -0.210. The number of hydrogen-bond donors (Lipinski definition) is 1. The highest BCUT2D eigenvalue weighted by atomic mass is 35.5. The van der Waals surface area contributed by atoms with Crippen LogP contribution in [0.5, 0.6) is 0 Å². The minimum absolute atomic E-state index is 0.214. The van der Waals surface area contributed by atoms with Gasteiger partial charge in [-0.3, -0.25) is 0 Å². The van der Waals surface area contributed by atoms with E-state index in [9.17, 15) is 8.42 Å². The van der Waals surface area contributed by atoms with E-state index in [1.165, 1.54) is 13.3 Å². The third kappa shape index (κ3) is 4.51. The molecule has 0 aromatic carbocycles. The molecule has 5 nitrogen and oxygen atoms in total. The largest absolute Gasteiger partial charge is 0.383 e. The molecule has 8 heteroatoms. The number of sulfonamides is 1. The van der Waals surface area contributed by atoms with Crippen LogP contribution >= 0.6 is 22.9 Å². The number of nitrogens with one attached hydrogen (secondary N) is 1. The van der Waals surface area contributed by atoms with Crippen LogP contribution in [0.15, 0.2) is 10.4 Å². The average molecular weight is 299 g/mol. The molecule has 1 heterocycles. The Bertz CT molecular complexity index is 441. The fraction of sp³-hybridized carbons (Fsp3) is 0.667. The van der Waals surface area contributed by atoms with Crippen molar-refractivity contribution in [1.29, 1.82) is 0 Å². The van der Waals surface area contributed by atoms with Crippen LogP contribution < -0.4 is 4.72 Å². The van der Waals surface area contributed by atoms with Gasteiger partial charge in [-0.15, -0.1) is 22.9 Å². The number of aryl methyl sites for hydroxylation is 1. The molecule has 0 saturated carbocycles. The topological polar surface area (TPSA) is 68.3 Å². The highest BCUT2D eigenvalue weighted by Crippen LogP contribution is 2.18. The van der Waals surface area contributed by atoms with Crippen LogP contribution in [-0.4, -0.2) is 39.0 Å². The van der Waals surface area contributed by atoms with Crippen molar-refractivity contribution in [1.82, 2.24) is 9.71 Å². The third-order valence-corrected chi connectivity index (χ3v) is 5.12. The monoisotopic (exact) mass is 298 g/mol. The van der Waals surface area contributed by atoms with Crippen molar-refractivity contribution in [2.45, 2.75) is 23.6 Å². The first-order chi connectivity index (χ1) is 7.99. The van der Waals surface area contributed by atoms with E-state index in [0.717, 1.165) is 11.3 Å². The second kappa shape index (κ2) is 6.65. The second-order valence-corrected chi connectivity index (χ2v) is 7.00. The van der Waals surface area contributed by atoms with Crippen LogP contribution in [0.4, 0.5) is 0 Å². The van der Waals surface area contributed by atoms with Gasteiger partial charge in [0.2, 0.25) is 0 Å². The summed E-state index contributed by atoms with van der Waals surface area (Å²) >= 11 is 6.75. The summed E-state index contributed by atoms with van der Waals surface area (Å²) in [6.07, 6.45) is 1.87. The first-order valence-corrected chi connectivity index (χ1v) is 7.82. The zero-order valence-corrected chi connectivity index (χ0v) is 12.0. The molecule has 98 valence electrons. The maximum atomic E-state index is 12.0. The summed E-state index contributed by atoms with van der Waals surface area (Å²) in [5.41, 5.74) is 0. The molecule has 1 aromatic rings. The standard InChI is InChI=1S/C9H15ClN2O3S2/c1-7-11-5-9(16-7)17(13,14)12-8(3-4-10)6-15-2/h5,8,12H,3-4,6H2,1-2H3. The Morgan fingerprint density at radius 2 is 2.35 bits per heavy atom. The van der Waals surface area contributed by atoms with Crippen molar-refractivity contribution in [2.75, 3.05) is 19.6 Å². The van der Waals surface area contributed by atoms with E-state index in [2.05, 4.69) is 9.71 Å². The number of thiazole rings is 1. The van der Waals surface area contributed by atoms with Crippen molar-refractivity contribution in [3.63, 3.8) is 0 Å². The summed E-state index contributed by atoms with van der Waals surface area (Å²) in [7, 11) is -2.00. The molecule has 17 heavy (non-hydrogen) atoms.